The van der Waals surface area contributed by atoms with E-state index in [1.54, 1.807) is 19.1 Å². The fraction of sp³-hybridized carbons (Fsp3) is 0.476. The quantitative estimate of drug-likeness (QED) is 0.782. The molecule has 3 fully saturated rings. The van der Waals surface area contributed by atoms with Gasteiger partial charge in [0.2, 0.25) is 5.91 Å². The monoisotopic (exact) mass is 367 g/mol. The Hall–Kier alpha value is -2.63. The summed E-state index contributed by atoms with van der Waals surface area (Å²) >= 11 is 0. The van der Waals surface area contributed by atoms with Gasteiger partial charge in [-0.25, -0.2) is 4.98 Å². The highest BCUT2D eigenvalue weighted by Crippen LogP contribution is 2.30. The third-order valence-electron chi connectivity index (χ3n) is 5.52. The molecule has 3 aliphatic rings. The van der Waals surface area contributed by atoms with Crippen molar-refractivity contribution in [2.75, 3.05) is 19.6 Å². The number of nitrogens with zero attached hydrogens (tertiary/aromatic N) is 3. The minimum absolute atomic E-state index is 0.0419. The fourth-order valence-electron chi connectivity index (χ4n) is 4.08. The largest absolute Gasteiger partial charge is 0.441 e. The first kappa shape index (κ1) is 17.8. The maximum atomic E-state index is 13.1. The van der Waals surface area contributed by atoms with Gasteiger partial charge >= 0.3 is 0 Å². The summed E-state index contributed by atoms with van der Waals surface area (Å²) in [6, 6.07) is 5.46. The van der Waals surface area contributed by atoms with Gasteiger partial charge in [-0.3, -0.25) is 9.59 Å². The van der Waals surface area contributed by atoms with Crippen molar-refractivity contribution in [3.63, 3.8) is 0 Å². The van der Waals surface area contributed by atoms with Crippen LogP contribution in [0.1, 0.15) is 42.9 Å². The average molecular weight is 367 g/mol. The Balaban J connectivity index is 1.58. The lowest BCUT2D eigenvalue weighted by Gasteiger charge is -2.35. The predicted octanol–water partition coefficient (Wildman–Crippen LogP) is 3.17. The van der Waals surface area contributed by atoms with Gasteiger partial charge in [0.25, 0.3) is 5.91 Å². The molecular formula is C21H25N3O3. The van der Waals surface area contributed by atoms with Crippen LogP contribution in [-0.4, -0.2) is 52.3 Å². The van der Waals surface area contributed by atoms with Gasteiger partial charge in [-0.2, -0.15) is 0 Å². The molecule has 0 saturated carbocycles. The molecule has 142 valence electrons. The van der Waals surface area contributed by atoms with Crippen LogP contribution in [0.15, 0.2) is 34.3 Å². The van der Waals surface area contributed by atoms with Crippen LogP contribution in [0.25, 0.3) is 11.1 Å². The topological polar surface area (TPSA) is 66.7 Å². The third kappa shape index (κ3) is 3.36. The van der Waals surface area contributed by atoms with E-state index in [2.05, 4.69) is 11.1 Å². The molecule has 2 aromatic rings. The van der Waals surface area contributed by atoms with Gasteiger partial charge in [0.1, 0.15) is 5.52 Å². The molecule has 2 bridgehead atoms. The maximum absolute atomic E-state index is 13.1. The summed E-state index contributed by atoms with van der Waals surface area (Å²) in [5, 5.41) is 0. The molecule has 0 unspecified atom stereocenters. The van der Waals surface area contributed by atoms with E-state index in [4.69, 9.17) is 4.42 Å². The van der Waals surface area contributed by atoms with E-state index in [1.165, 1.54) is 5.57 Å². The highest BCUT2D eigenvalue weighted by molar-refractivity contribution is 5.97. The van der Waals surface area contributed by atoms with Crippen LogP contribution < -0.4 is 0 Å². The second kappa shape index (κ2) is 6.83. The summed E-state index contributed by atoms with van der Waals surface area (Å²) in [7, 11) is 0. The van der Waals surface area contributed by atoms with Crippen LogP contribution in [0.2, 0.25) is 0 Å². The van der Waals surface area contributed by atoms with Crippen molar-refractivity contribution >= 4 is 22.9 Å². The Bertz CT molecular complexity index is 926. The number of oxazole rings is 1. The Kier molecular flexibility index (Phi) is 4.50. The SMILES string of the molecule is CC(C)=CCN1C(=O)[C@H]2CC[C@@H]1CN(C(=O)c1ccc3nc(C)oc3c1)C2. The summed E-state index contributed by atoms with van der Waals surface area (Å²) < 4.78 is 5.56. The van der Waals surface area contributed by atoms with Gasteiger partial charge in [0.15, 0.2) is 11.5 Å². The number of fused-ring (bicyclic) bond motifs is 5. The lowest BCUT2D eigenvalue weighted by atomic mass is 9.94. The molecule has 3 saturated heterocycles. The smallest absolute Gasteiger partial charge is 0.254 e. The van der Waals surface area contributed by atoms with Crippen molar-refractivity contribution in [3.8, 4) is 0 Å². The van der Waals surface area contributed by atoms with Crippen molar-refractivity contribution in [1.29, 1.82) is 0 Å². The zero-order valence-corrected chi connectivity index (χ0v) is 16.1. The molecule has 2 amide bonds. The number of carbonyl (C=O) groups excluding carboxylic acids is 2. The molecular weight excluding hydrogens is 342 g/mol. The number of piperidine rings is 1. The molecule has 1 aromatic heterocycles. The molecule has 27 heavy (non-hydrogen) atoms. The van der Waals surface area contributed by atoms with Gasteiger partial charge in [-0.05, 0) is 44.9 Å². The Morgan fingerprint density at radius 2 is 2.11 bits per heavy atom. The van der Waals surface area contributed by atoms with Gasteiger partial charge in [-0.1, -0.05) is 11.6 Å². The fourth-order valence-corrected chi connectivity index (χ4v) is 4.08. The molecule has 6 nitrogen and oxygen atoms in total. The number of amides is 2. The van der Waals surface area contributed by atoms with E-state index in [0.717, 1.165) is 18.4 Å². The first-order chi connectivity index (χ1) is 12.9. The van der Waals surface area contributed by atoms with Crippen molar-refractivity contribution in [2.24, 2.45) is 5.92 Å². The number of carbonyl (C=O) groups is 2. The lowest BCUT2D eigenvalue weighted by molar-refractivity contribution is -0.139. The molecule has 6 heteroatoms. The molecule has 0 N–H and O–H groups in total. The van der Waals surface area contributed by atoms with Crippen LogP contribution in [0.5, 0.6) is 0 Å². The zero-order chi connectivity index (χ0) is 19.1. The van der Waals surface area contributed by atoms with Crippen LogP contribution in [0.4, 0.5) is 0 Å². The second-order valence-corrected chi connectivity index (χ2v) is 7.83. The minimum atomic E-state index is -0.102. The van der Waals surface area contributed by atoms with Crippen LogP contribution >= 0.6 is 0 Å². The highest BCUT2D eigenvalue weighted by atomic mass is 16.3. The molecule has 0 aliphatic carbocycles. The van der Waals surface area contributed by atoms with E-state index in [-0.39, 0.29) is 23.8 Å². The minimum Gasteiger partial charge on any atom is -0.441 e. The summed E-state index contributed by atoms with van der Waals surface area (Å²) in [6.45, 7) is 7.59. The number of hydrogen-bond donors (Lipinski definition) is 0. The van der Waals surface area contributed by atoms with Gasteiger partial charge in [0.05, 0.1) is 5.92 Å². The summed E-state index contributed by atoms with van der Waals surface area (Å²) in [5.41, 5.74) is 3.16. The predicted molar refractivity (Wildman–Crippen MR) is 102 cm³/mol. The van der Waals surface area contributed by atoms with Crippen LogP contribution in [0.3, 0.4) is 0 Å². The number of aryl methyl sites for hydroxylation is 1. The van der Waals surface area contributed by atoms with Gasteiger partial charge in [0, 0.05) is 38.2 Å². The number of allylic oxidation sites excluding steroid dienone is 1. The van der Waals surface area contributed by atoms with Crippen molar-refractivity contribution in [2.45, 2.75) is 39.7 Å². The van der Waals surface area contributed by atoms with Crippen LogP contribution in [0, 0.1) is 12.8 Å². The van der Waals surface area contributed by atoms with Crippen LogP contribution in [-0.2, 0) is 4.79 Å². The Labute approximate surface area is 158 Å². The van der Waals surface area contributed by atoms with E-state index < -0.39 is 0 Å². The number of benzene rings is 1. The average Bonchev–Trinajstić information content (AvgIpc) is 2.80. The van der Waals surface area contributed by atoms with Gasteiger partial charge < -0.3 is 14.2 Å². The standard InChI is InChI=1S/C21H25N3O3/c1-13(2)8-9-24-17-6-4-16(21(24)26)11-23(12-17)20(25)15-5-7-18-19(10-15)27-14(3)22-18/h5,7-8,10,16-17H,4,6,9,11-12H2,1-3H3/t16-,17+/m0/s1. The Morgan fingerprint density at radius 3 is 2.89 bits per heavy atom. The molecule has 3 aliphatic heterocycles. The maximum Gasteiger partial charge on any atom is 0.254 e. The third-order valence-corrected chi connectivity index (χ3v) is 5.52. The number of rotatable bonds is 3. The summed E-state index contributed by atoms with van der Waals surface area (Å²) in [4.78, 5) is 34.0. The molecule has 2 atom stereocenters. The van der Waals surface area contributed by atoms with Crippen molar-refractivity contribution < 1.29 is 14.0 Å². The molecule has 5 rings (SSSR count). The lowest BCUT2D eigenvalue weighted by Crippen LogP contribution is -2.48. The van der Waals surface area contributed by atoms with Crippen molar-refractivity contribution in [1.82, 2.24) is 14.8 Å². The van der Waals surface area contributed by atoms with E-state index >= 15 is 0 Å². The summed E-state index contributed by atoms with van der Waals surface area (Å²) in [6.07, 6.45) is 3.90. The number of hydrogen-bond acceptors (Lipinski definition) is 4. The van der Waals surface area contributed by atoms with Gasteiger partial charge in [-0.15, -0.1) is 0 Å². The summed E-state index contributed by atoms with van der Waals surface area (Å²) in [5.74, 6) is 0.623. The number of aromatic nitrogens is 1. The van der Waals surface area contributed by atoms with Crippen molar-refractivity contribution in [3.05, 3.63) is 41.3 Å². The zero-order valence-electron chi connectivity index (χ0n) is 16.1. The normalized spacial score (nSPS) is 22.3. The second-order valence-electron chi connectivity index (χ2n) is 7.83. The van der Waals surface area contributed by atoms with E-state index in [0.29, 0.717) is 36.7 Å². The Morgan fingerprint density at radius 1 is 1.30 bits per heavy atom. The van der Waals surface area contributed by atoms with E-state index in [9.17, 15) is 9.59 Å². The molecule has 4 heterocycles. The van der Waals surface area contributed by atoms with E-state index in [1.807, 2.05) is 29.7 Å². The molecule has 1 aromatic carbocycles. The highest BCUT2D eigenvalue weighted by Gasteiger charge is 2.41. The first-order valence-corrected chi connectivity index (χ1v) is 9.52. The molecule has 0 radical (unpaired) electrons. The first-order valence-electron chi connectivity index (χ1n) is 9.52. The molecule has 0 spiro atoms.